The summed E-state index contributed by atoms with van der Waals surface area (Å²) in [6.07, 6.45) is 3.53. The first-order valence-electron chi connectivity index (χ1n) is 9.37. The van der Waals surface area contributed by atoms with Crippen LogP contribution >= 0.6 is 0 Å². The Balaban J connectivity index is 1.79. The van der Waals surface area contributed by atoms with Crippen LogP contribution in [0.1, 0.15) is 43.7 Å². The van der Waals surface area contributed by atoms with E-state index < -0.39 is 0 Å². The second-order valence-corrected chi connectivity index (χ2v) is 7.32. The number of anilines is 1. The van der Waals surface area contributed by atoms with Gasteiger partial charge in [0, 0.05) is 29.2 Å². The Kier molecular flexibility index (Phi) is 5.78. The van der Waals surface area contributed by atoms with E-state index in [1.165, 1.54) is 5.56 Å². The number of aromatic nitrogens is 1. The van der Waals surface area contributed by atoms with Crippen molar-refractivity contribution in [3.05, 3.63) is 87.7 Å². The van der Waals surface area contributed by atoms with Crippen molar-refractivity contribution in [2.24, 2.45) is 0 Å². The van der Waals surface area contributed by atoms with Crippen LogP contribution in [0.2, 0.25) is 0 Å². The molecular weight excluding hydrogens is 348 g/mol. The Morgan fingerprint density at radius 3 is 2.18 bits per heavy atom. The number of pyridine rings is 1. The minimum absolute atomic E-state index is 0.111. The normalized spacial score (nSPS) is 10.6. The third-order valence-corrected chi connectivity index (χ3v) is 4.74. The molecular formula is C24H26N2O2. The minimum Gasteiger partial charge on any atom is -0.488 e. The Morgan fingerprint density at radius 2 is 1.61 bits per heavy atom. The first kappa shape index (κ1) is 19.6. The van der Waals surface area contributed by atoms with E-state index >= 15 is 0 Å². The standard InChI is InChI=1S/C24H26N2O2/c1-15-9-16(2)22(17(3)10-15)26-24(27)21-11-18(4)23(19(5)12-21)28-14-20-7-6-8-25-13-20/h6-13H,14H2,1-5H3,(H,26,27). The quantitative estimate of drug-likeness (QED) is 0.645. The van der Waals surface area contributed by atoms with Crippen molar-refractivity contribution in [3.8, 4) is 5.75 Å². The molecule has 1 N–H and O–H groups in total. The van der Waals surface area contributed by atoms with Crippen molar-refractivity contribution < 1.29 is 9.53 Å². The number of benzene rings is 2. The lowest BCUT2D eigenvalue weighted by molar-refractivity contribution is 0.102. The van der Waals surface area contributed by atoms with Gasteiger partial charge in [0.1, 0.15) is 12.4 Å². The predicted octanol–water partition coefficient (Wildman–Crippen LogP) is 5.46. The second kappa shape index (κ2) is 8.26. The van der Waals surface area contributed by atoms with E-state index in [0.717, 1.165) is 39.3 Å². The molecule has 1 heterocycles. The zero-order valence-electron chi connectivity index (χ0n) is 17.1. The predicted molar refractivity (Wildman–Crippen MR) is 113 cm³/mol. The van der Waals surface area contributed by atoms with Crippen LogP contribution in [0.15, 0.2) is 48.8 Å². The molecule has 0 spiro atoms. The third-order valence-electron chi connectivity index (χ3n) is 4.74. The van der Waals surface area contributed by atoms with Gasteiger partial charge in [0.15, 0.2) is 0 Å². The number of carbonyl (C=O) groups is 1. The van der Waals surface area contributed by atoms with Crippen LogP contribution in [0.5, 0.6) is 5.75 Å². The number of hydrogen-bond acceptors (Lipinski definition) is 3. The lowest BCUT2D eigenvalue weighted by Gasteiger charge is -2.16. The summed E-state index contributed by atoms with van der Waals surface area (Å²) < 4.78 is 5.99. The Bertz CT molecular complexity index is 964. The fourth-order valence-electron chi connectivity index (χ4n) is 3.51. The molecule has 0 atom stereocenters. The summed E-state index contributed by atoms with van der Waals surface area (Å²) in [5.41, 5.74) is 7.71. The van der Waals surface area contributed by atoms with Gasteiger partial charge in [0.2, 0.25) is 0 Å². The fraction of sp³-hybridized carbons (Fsp3) is 0.250. The maximum atomic E-state index is 12.8. The van der Waals surface area contributed by atoms with Gasteiger partial charge in [-0.3, -0.25) is 9.78 Å². The average Bonchev–Trinajstić information content (AvgIpc) is 2.64. The van der Waals surface area contributed by atoms with Gasteiger partial charge in [-0.25, -0.2) is 0 Å². The monoisotopic (exact) mass is 374 g/mol. The highest BCUT2D eigenvalue weighted by atomic mass is 16.5. The lowest BCUT2D eigenvalue weighted by Crippen LogP contribution is -2.15. The second-order valence-electron chi connectivity index (χ2n) is 7.32. The summed E-state index contributed by atoms with van der Waals surface area (Å²) in [5, 5.41) is 3.07. The maximum Gasteiger partial charge on any atom is 0.255 e. The molecule has 4 nitrogen and oxygen atoms in total. The molecule has 0 bridgehead atoms. The molecule has 0 fully saturated rings. The topological polar surface area (TPSA) is 51.2 Å². The Morgan fingerprint density at radius 1 is 0.964 bits per heavy atom. The molecule has 28 heavy (non-hydrogen) atoms. The third kappa shape index (κ3) is 4.39. The van der Waals surface area contributed by atoms with Crippen molar-refractivity contribution in [2.75, 3.05) is 5.32 Å². The van der Waals surface area contributed by atoms with E-state index in [1.807, 2.05) is 52.0 Å². The molecule has 4 heteroatoms. The zero-order chi connectivity index (χ0) is 20.3. The SMILES string of the molecule is Cc1cc(C)c(NC(=O)c2cc(C)c(OCc3cccnc3)c(C)c2)c(C)c1. The largest absolute Gasteiger partial charge is 0.488 e. The van der Waals surface area contributed by atoms with Crippen molar-refractivity contribution in [1.29, 1.82) is 0 Å². The summed E-state index contributed by atoms with van der Waals surface area (Å²) in [7, 11) is 0. The molecule has 3 aromatic rings. The van der Waals surface area contributed by atoms with Gasteiger partial charge in [-0.1, -0.05) is 23.8 Å². The highest BCUT2D eigenvalue weighted by Crippen LogP contribution is 2.27. The number of carbonyl (C=O) groups excluding carboxylic acids is 1. The van der Waals surface area contributed by atoms with E-state index in [0.29, 0.717) is 12.2 Å². The molecule has 144 valence electrons. The summed E-state index contributed by atoms with van der Waals surface area (Å²) in [6.45, 7) is 10.5. The average molecular weight is 374 g/mol. The van der Waals surface area contributed by atoms with Crippen molar-refractivity contribution in [3.63, 3.8) is 0 Å². The van der Waals surface area contributed by atoms with Crippen LogP contribution in [-0.4, -0.2) is 10.9 Å². The van der Waals surface area contributed by atoms with Gasteiger partial charge < -0.3 is 10.1 Å². The zero-order valence-corrected chi connectivity index (χ0v) is 17.1. The molecule has 1 amide bonds. The van der Waals surface area contributed by atoms with Gasteiger partial charge in [0.25, 0.3) is 5.91 Å². The number of rotatable bonds is 5. The van der Waals surface area contributed by atoms with Crippen molar-refractivity contribution >= 4 is 11.6 Å². The van der Waals surface area contributed by atoms with Gasteiger partial charge in [-0.15, -0.1) is 0 Å². The number of amides is 1. The van der Waals surface area contributed by atoms with Gasteiger partial charge in [-0.2, -0.15) is 0 Å². The van der Waals surface area contributed by atoms with E-state index in [4.69, 9.17) is 4.74 Å². The number of aryl methyl sites for hydroxylation is 5. The van der Waals surface area contributed by atoms with Crippen molar-refractivity contribution in [1.82, 2.24) is 4.98 Å². The van der Waals surface area contributed by atoms with E-state index in [1.54, 1.807) is 12.4 Å². The summed E-state index contributed by atoms with van der Waals surface area (Å²) in [4.78, 5) is 16.9. The number of nitrogens with one attached hydrogen (secondary N) is 1. The van der Waals surface area contributed by atoms with Crippen LogP contribution in [0.4, 0.5) is 5.69 Å². The van der Waals surface area contributed by atoms with E-state index in [2.05, 4.69) is 29.4 Å². The molecule has 0 saturated heterocycles. The fourth-order valence-corrected chi connectivity index (χ4v) is 3.51. The van der Waals surface area contributed by atoms with E-state index in [9.17, 15) is 4.79 Å². The van der Waals surface area contributed by atoms with Gasteiger partial charge in [-0.05, 0) is 75.1 Å². The smallest absolute Gasteiger partial charge is 0.255 e. The molecule has 0 saturated carbocycles. The Labute approximate surface area is 166 Å². The van der Waals surface area contributed by atoms with Crippen LogP contribution in [-0.2, 0) is 6.61 Å². The van der Waals surface area contributed by atoms with E-state index in [-0.39, 0.29) is 5.91 Å². The molecule has 0 aliphatic rings. The van der Waals surface area contributed by atoms with Crippen LogP contribution in [0.25, 0.3) is 0 Å². The van der Waals surface area contributed by atoms with Gasteiger partial charge >= 0.3 is 0 Å². The molecule has 3 rings (SSSR count). The molecule has 0 aliphatic heterocycles. The van der Waals surface area contributed by atoms with Crippen LogP contribution in [0.3, 0.4) is 0 Å². The number of nitrogens with zero attached hydrogens (tertiary/aromatic N) is 1. The molecule has 0 unspecified atom stereocenters. The van der Waals surface area contributed by atoms with Crippen LogP contribution in [0, 0.1) is 34.6 Å². The molecule has 0 aliphatic carbocycles. The van der Waals surface area contributed by atoms with Crippen LogP contribution < -0.4 is 10.1 Å². The minimum atomic E-state index is -0.111. The molecule has 1 aromatic heterocycles. The number of hydrogen-bond donors (Lipinski definition) is 1. The van der Waals surface area contributed by atoms with Crippen molar-refractivity contribution in [2.45, 2.75) is 41.2 Å². The number of ether oxygens (including phenoxy) is 1. The maximum absolute atomic E-state index is 12.8. The summed E-state index contributed by atoms with van der Waals surface area (Å²) in [6, 6.07) is 11.8. The van der Waals surface area contributed by atoms with Gasteiger partial charge in [0.05, 0.1) is 0 Å². The highest BCUT2D eigenvalue weighted by Gasteiger charge is 2.14. The lowest BCUT2D eigenvalue weighted by atomic mass is 10.0. The molecule has 0 radical (unpaired) electrons. The summed E-state index contributed by atoms with van der Waals surface area (Å²) in [5.74, 6) is 0.697. The summed E-state index contributed by atoms with van der Waals surface area (Å²) >= 11 is 0. The first-order valence-corrected chi connectivity index (χ1v) is 9.37. The molecule has 2 aromatic carbocycles. The Hall–Kier alpha value is -3.14. The first-order chi connectivity index (χ1) is 13.3. The highest BCUT2D eigenvalue weighted by molar-refractivity contribution is 6.05.